The summed E-state index contributed by atoms with van der Waals surface area (Å²) in [5, 5.41) is 12.5. The summed E-state index contributed by atoms with van der Waals surface area (Å²) in [4.78, 5) is 2.87. The van der Waals surface area contributed by atoms with E-state index < -0.39 is 0 Å². The zero-order valence-electron chi connectivity index (χ0n) is 9.91. The maximum Gasteiger partial charge on any atom is 0.119 e. The Balaban J connectivity index is 2.77. The second-order valence-corrected chi connectivity index (χ2v) is 3.72. The van der Waals surface area contributed by atoms with Crippen molar-refractivity contribution in [2.24, 2.45) is 5.11 Å². The number of unbranched alkanes of at least 4 members (excludes halogenated alkanes) is 1. The molecule has 1 N–H and O–H groups in total. The minimum Gasteiger partial charge on any atom is -0.497 e. The first kappa shape index (κ1) is 13.4. The van der Waals surface area contributed by atoms with E-state index in [9.17, 15) is 0 Å². The Morgan fingerprint density at radius 1 is 1.47 bits per heavy atom. The van der Waals surface area contributed by atoms with Gasteiger partial charge in [0.25, 0.3) is 0 Å². The lowest BCUT2D eigenvalue weighted by Gasteiger charge is -2.12. The van der Waals surface area contributed by atoms with Crippen LogP contribution in [0.3, 0.4) is 0 Å². The molecular formula is C12H17N3O2. The third-order valence-electron chi connectivity index (χ3n) is 2.56. The van der Waals surface area contributed by atoms with Crippen molar-refractivity contribution in [3.05, 3.63) is 40.3 Å². The third kappa shape index (κ3) is 4.34. The molecule has 92 valence electrons. The van der Waals surface area contributed by atoms with Gasteiger partial charge in [-0.1, -0.05) is 23.7 Å². The van der Waals surface area contributed by atoms with Gasteiger partial charge in [-0.15, -0.1) is 0 Å². The van der Waals surface area contributed by atoms with E-state index in [4.69, 9.17) is 15.4 Å². The first-order valence-corrected chi connectivity index (χ1v) is 5.61. The normalized spacial score (nSPS) is 11.6. The zero-order chi connectivity index (χ0) is 12.5. The van der Waals surface area contributed by atoms with E-state index in [1.165, 1.54) is 0 Å². The second-order valence-electron chi connectivity index (χ2n) is 3.72. The summed E-state index contributed by atoms with van der Waals surface area (Å²) in [5.41, 5.74) is 9.50. The van der Waals surface area contributed by atoms with E-state index in [1.54, 1.807) is 7.11 Å². The van der Waals surface area contributed by atoms with Crippen LogP contribution in [0.2, 0.25) is 0 Å². The van der Waals surface area contributed by atoms with Crippen LogP contribution in [0.5, 0.6) is 5.75 Å². The molecule has 5 heteroatoms. The van der Waals surface area contributed by atoms with Crippen LogP contribution in [-0.4, -0.2) is 18.8 Å². The van der Waals surface area contributed by atoms with Crippen molar-refractivity contribution < 1.29 is 9.84 Å². The number of ether oxygens (including phenoxy) is 1. The first-order valence-electron chi connectivity index (χ1n) is 5.61. The van der Waals surface area contributed by atoms with Gasteiger partial charge in [0.15, 0.2) is 0 Å². The standard InChI is InChI=1S/C12H17N3O2/c1-17-11-6-4-5-10(9-11)12(14-15-13)7-2-3-8-16/h4-6,9,12,16H,2-3,7-8H2,1H3. The summed E-state index contributed by atoms with van der Waals surface area (Å²) in [6, 6.07) is 7.32. The van der Waals surface area contributed by atoms with Gasteiger partial charge in [0, 0.05) is 11.5 Å². The highest BCUT2D eigenvalue weighted by Crippen LogP contribution is 2.26. The molecule has 0 saturated carbocycles. The summed E-state index contributed by atoms with van der Waals surface area (Å²) in [6.45, 7) is 0.168. The highest BCUT2D eigenvalue weighted by molar-refractivity contribution is 5.30. The second kappa shape index (κ2) is 7.54. The first-order chi connectivity index (χ1) is 8.31. The van der Waals surface area contributed by atoms with Crippen LogP contribution >= 0.6 is 0 Å². The van der Waals surface area contributed by atoms with Crippen molar-refractivity contribution in [2.75, 3.05) is 13.7 Å². The van der Waals surface area contributed by atoms with Gasteiger partial charge in [0.1, 0.15) is 5.75 Å². The Bertz CT molecular complexity index is 389. The maximum atomic E-state index is 8.74. The highest BCUT2D eigenvalue weighted by Gasteiger charge is 2.09. The number of hydrogen-bond acceptors (Lipinski definition) is 3. The third-order valence-corrected chi connectivity index (χ3v) is 2.56. The average Bonchev–Trinajstić information content (AvgIpc) is 2.38. The molecule has 0 heterocycles. The van der Waals surface area contributed by atoms with Crippen LogP contribution < -0.4 is 4.74 Å². The summed E-state index contributed by atoms with van der Waals surface area (Å²) in [5.74, 6) is 0.753. The van der Waals surface area contributed by atoms with Crippen LogP contribution in [-0.2, 0) is 0 Å². The van der Waals surface area contributed by atoms with Gasteiger partial charge in [-0.05, 0) is 36.1 Å². The molecule has 0 spiro atoms. The summed E-state index contributed by atoms with van der Waals surface area (Å²) in [6.07, 6.45) is 2.29. The minimum atomic E-state index is -0.193. The molecule has 0 bridgehead atoms. The van der Waals surface area contributed by atoms with Crippen LogP contribution in [0.15, 0.2) is 29.4 Å². The van der Waals surface area contributed by atoms with E-state index in [0.29, 0.717) is 0 Å². The van der Waals surface area contributed by atoms with Gasteiger partial charge in [-0.3, -0.25) is 0 Å². The summed E-state index contributed by atoms with van der Waals surface area (Å²) in [7, 11) is 1.60. The number of azide groups is 1. The highest BCUT2D eigenvalue weighted by atomic mass is 16.5. The largest absolute Gasteiger partial charge is 0.497 e. The van der Waals surface area contributed by atoms with Crippen LogP contribution in [0.25, 0.3) is 10.4 Å². The number of rotatable bonds is 7. The average molecular weight is 235 g/mol. The summed E-state index contributed by atoms with van der Waals surface area (Å²) >= 11 is 0. The molecule has 0 aliphatic heterocycles. The lowest BCUT2D eigenvalue weighted by molar-refractivity contribution is 0.281. The van der Waals surface area contributed by atoms with Crippen molar-refractivity contribution in [3.63, 3.8) is 0 Å². The molecule has 0 fully saturated rings. The Kier molecular flexibility index (Phi) is 5.93. The van der Waals surface area contributed by atoms with E-state index >= 15 is 0 Å². The number of nitrogens with zero attached hydrogens (tertiary/aromatic N) is 3. The van der Waals surface area contributed by atoms with Gasteiger partial charge in [0.2, 0.25) is 0 Å². The number of aliphatic hydroxyl groups excluding tert-OH is 1. The fourth-order valence-corrected chi connectivity index (χ4v) is 1.65. The fourth-order valence-electron chi connectivity index (χ4n) is 1.65. The van der Waals surface area contributed by atoms with Crippen molar-refractivity contribution in [2.45, 2.75) is 25.3 Å². The van der Waals surface area contributed by atoms with Crippen molar-refractivity contribution in [1.29, 1.82) is 0 Å². The molecule has 0 aliphatic carbocycles. The Morgan fingerprint density at radius 3 is 2.94 bits per heavy atom. The van der Waals surface area contributed by atoms with Gasteiger partial charge < -0.3 is 9.84 Å². The quantitative estimate of drug-likeness (QED) is 0.341. The molecule has 0 radical (unpaired) electrons. The molecule has 0 aliphatic rings. The van der Waals surface area contributed by atoms with Gasteiger partial charge in [-0.2, -0.15) is 0 Å². The van der Waals surface area contributed by atoms with Crippen LogP contribution in [0.4, 0.5) is 0 Å². The predicted molar refractivity (Wildman–Crippen MR) is 65.8 cm³/mol. The van der Waals surface area contributed by atoms with Crippen molar-refractivity contribution in [1.82, 2.24) is 0 Å². The Hall–Kier alpha value is -1.71. The fraction of sp³-hybridized carbons (Fsp3) is 0.500. The van der Waals surface area contributed by atoms with E-state index in [1.807, 2.05) is 24.3 Å². The number of benzene rings is 1. The van der Waals surface area contributed by atoms with Crippen LogP contribution in [0, 0.1) is 0 Å². The number of aliphatic hydroxyl groups is 1. The smallest absolute Gasteiger partial charge is 0.119 e. The molecule has 17 heavy (non-hydrogen) atoms. The molecule has 1 atom stereocenters. The molecule has 0 amide bonds. The molecule has 1 unspecified atom stereocenters. The van der Waals surface area contributed by atoms with Gasteiger partial charge in [0.05, 0.1) is 13.2 Å². The minimum absolute atomic E-state index is 0.168. The van der Waals surface area contributed by atoms with Gasteiger partial charge >= 0.3 is 0 Å². The van der Waals surface area contributed by atoms with Gasteiger partial charge in [-0.25, -0.2) is 0 Å². The molecule has 0 aromatic heterocycles. The molecular weight excluding hydrogens is 218 g/mol. The SMILES string of the molecule is COc1cccc(C(CCCCO)N=[N+]=[N-])c1. The molecule has 1 rings (SSSR count). The Morgan fingerprint density at radius 2 is 2.29 bits per heavy atom. The van der Waals surface area contributed by atoms with E-state index in [0.717, 1.165) is 30.6 Å². The monoisotopic (exact) mass is 235 g/mol. The lowest BCUT2D eigenvalue weighted by Crippen LogP contribution is -1.96. The maximum absolute atomic E-state index is 8.74. The number of methoxy groups -OCH3 is 1. The van der Waals surface area contributed by atoms with Crippen molar-refractivity contribution >= 4 is 0 Å². The topological polar surface area (TPSA) is 78.2 Å². The predicted octanol–water partition coefficient (Wildman–Crippen LogP) is 3.21. The molecule has 0 saturated heterocycles. The summed E-state index contributed by atoms with van der Waals surface area (Å²) < 4.78 is 5.13. The number of hydrogen-bond donors (Lipinski definition) is 1. The zero-order valence-corrected chi connectivity index (χ0v) is 9.91. The lowest BCUT2D eigenvalue weighted by atomic mass is 10.0. The van der Waals surface area contributed by atoms with Crippen molar-refractivity contribution in [3.8, 4) is 5.75 Å². The molecule has 1 aromatic carbocycles. The Labute approximate surface area is 101 Å². The van der Waals surface area contributed by atoms with E-state index in [2.05, 4.69) is 10.0 Å². The van der Waals surface area contributed by atoms with Crippen LogP contribution in [0.1, 0.15) is 30.9 Å². The van der Waals surface area contributed by atoms with E-state index in [-0.39, 0.29) is 12.6 Å². The molecule has 1 aromatic rings. The molecule has 5 nitrogen and oxygen atoms in total.